The fourth-order valence-corrected chi connectivity index (χ4v) is 6.65. The Labute approximate surface area is 241 Å². The molecule has 2 aromatic rings. The first kappa shape index (κ1) is 29.4. The highest BCUT2D eigenvalue weighted by Crippen LogP contribution is 2.30. The van der Waals surface area contributed by atoms with Crippen molar-refractivity contribution in [2.75, 3.05) is 94.6 Å². The van der Waals surface area contributed by atoms with E-state index in [9.17, 15) is 9.90 Å². The van der Waals surface area contributed by atoms with E-state index in [1.807, 2.05) is 12.3 Å². The molecule has 3 aliphatic heterocycles. The van der Waals surface area contributed by atoms with E-state index in [1.165, 1.54) is 24.9 Å². The van der Waals surface area contributed by atoms with Gasteiger partial charge in [0, 0.05) is 6.07 Å². The Kier molecular flexibility index (Phi) is 9.30. The van der Waals surface area contributed by atoms with Gasteiger partial charge in [0.05, 0.1) is 52.4 Å². The van der Waals surface area contributed by atoms with Crippen LogP contribution in [0.1, 0.15) is 16.2 Å². The molecule has 0 aliphatic carbocycles. The number of halogens is 2. The molecular weight excluding hydrogens is 567 g/mol. The molecule has 5 rings (SSSR count). The lowest BCUT2D eigenvalue weighted by molar-refractivity contribution is -1.03. The quantitative estimate of drug-likeness (QED) is 0.239. The summed E-state index contributed by atoms with van der Waals surface area (Å²) in [7, 11) is 0. The van der Waals surface area contributed by atoms with Gasteiger partial charge in [-0.05, 0) is 13.2 Å². The summed E-state index contributed by atoms with van der Waals surface area (Å²) in [5.41, 5.74) is 0.00589. The Hall–Kier alpha value is -2.54. The topological polar surface area (TPSA) is 129 Å². The van der Waals surface area contributed by atoms with Crippen LogP contribution in [0.5, 0.6) is 0 Å². The van der Waals surface area contributed by atoms with Crippen LogP contribution in [0.2, 0.25) is 10.3 Å². The smallest absolute Gasteiger partial charge is 0.373 e. The van der Waals surface area contributed by atoms with Gasteiger partial charge in [0.15, 0.2) is 5.16 Å². The van der Waals surface area contributed by atoms with Gasteiger partial charge >= 0.3 is 12.1 Å². The Bertz CT molecular complexity index is 1230. The number of carbonyl (C=O) groups is 1. The van der Waals surface area contributed by atoms with E-state index in [0.717, 1.165) is 80.2 Å². The second-order valence-electron chi connectivity index (χ2n) is 10.1. The third-order valence-corrected chi connectivity index (χ3v) is 9.13. The highest BCUT2D eigenvalue weighted by atomic mass is 35.5. The standard InChI is InChI=1S/C23H31Cl2N8O2S.CO2/c1-16-26-20(25)19(22(34)35)21(27-16)31-5-9-33(10-6-31)13-11-32(12-14-33)7-3-30(4-8-32)18-15-17(24)28-23(29-18)36-2;2-1-3/h15H,3-14H2,1-2H3;/q+1;/p+1. The van der Waals surface area contributed by atoms with Gasteiger partial charge in [-0.25, -0.2) is 24.7 Å². The minimum Gasteiger partial charge on any atom is -0.477 e. The van der Waals surface area contributed by atoms with Crippen LogP contribution in [0.15, 0.2) is 11.2 Å². The molecule has 5 heterocycles. The molecule has 0 bridgehead atoms. The number of aromatic nitrogens is 4. The number of aromatic carboxylic acids is 1. The van der Waals surface area contributed by atoms with Gasteiger partial charge in [0.25, 0.3) is 0 Å². The molecule has 0 atom stereocenters. The number of hydrogen-bond acceptors (Lipinski definition) is 10. The number of carboxylic acids is 1. The number of rotatable bonds is 4. The van der Waals surface area contributed by atoms with Crippen molar-refractivity contribution in [2.45, 2.75) is 12.1 Å². The van der Waals surface area contributed by atoms with Crippen molar-refractivity contribution in [3.05, 3.63) is 27.8 Å². The predicted molar refractivity (Wildman–Crippen MR) is 146 cm³/mol. The van der Waals surface area contributed by atoms with Crippen LogP contribution in [0, 0.1) is 6.92 Å². The van der Waals surface area contributed by atoms with E-state index in [0.29, 0.717) is 22.0 Å². The number of piperazine rings is 3. The minimum absolute atomic E-state index is 0.00589. The number of anilines is 2. The second kappa shape index (κ2) is 12.3. The largest absolute Gasteiger partial charge is 0.477 e. The summed E-state index contributed by atoms with van der Waals surface area (Å²) in [5.74, 6) is 0.785. The van der Waals surface area contributed by atoms with Gasteiger partial charge in [-0.2, -0.15) is 9.59 Å². The number of hydrogen-bond donors (Lipinski definition) is 1. The number of nitrogens with zero attached hydrogens (tertiary/aromatic N) is 8. The highest BCUT2D eigenvalue weighted by Gasteiger charge is 2.45. The maximum absolute atomic E-state index is 11.8. The first-order valence-corrected chi connectivity index (χ1v) is 14.7. The van der Waals surface area contributed by atoms with E-state index < -0.39 is 5.97 Å². The van der Waals surface area contributed by atoms with Gasteiger partial charge < -0.3 is 23.9 Å². The van der Waals surface area contributed by atoms with E-state index in [4.69, 9.17) is 32.8 Å². The third kappa shape index (κ3) is 6.62. The summed E-state index contributed by atoms with van der Waals surface area (Å²) in [5, 5.41) is 10.9. The molecule has 0 saturated carbocycles. The van der Waals surface area contributed by atoms with Gasteiger partial charge in [0.1, 0.15) is 59.5 Å². The van der Waals surface area contributed by atoms with Gasteiger partial charge in [0.2, 0.25) is 0 Å². The molecule has 3 aliphatic rings. The van der Waals surface area contributed by atoms with Crippen LogP contribution in [0.4, 0.5) is 11.6 Å². The zero-order valence-corrected chi connectivity index (χ0v) is 24.3. The lowest BCUT2D eigenvalue weighted by Gasteiger charge is -2.54. The normalized spacial score (nSPS) is 19.8. The average Bonchev–Trinajstić information content (AvgIpc) is 2.91. The zero-order valence-electron chi connectivity index (χ0n) is 22.0. The molecule has 2 aromatic heterocycles. The first-order chi connectivity index (χ1) is 18.6. The van der Waals surface area contributed by atoms with Crippen molar-refractivity contribution in [3.63, 3.8) is 0 Å². The minimum atomic E-state index is -1.08. The number of thioether (sulfide) groups is 1. The molecule has 12 nitrogen and oxygen atoms in total. The van der Waals surface area contributed by atoms with Gasteiger partial charge in [-0.1, -0.05) is 35.0 Å². The molecule has 210 valence electrons. The van der Waals surface area contributed by atoms with Gasteiger partial charge in [-0.15, -0.1) is 0 Å². The summed E-state index contributed by atoms with van der Waals surface area (Å²) >= 11 is 13.9. The summed E-state index contributed by atoms with van der Waals surface area (Å²) in [4.78, 5) is 49.9. The molecule has 3 saturated heterocycles. The van der Waals surface area contributed by atoms with E-state index in [1.54, 1.807) is 6.92 Å². The molecule has 0 unspecified atom stereocenters. The average molecular weight is 600 g/mol. The summed E-state index contributed by atoms with van der Waals surface area (Å²) in [6, 6.07) is 1.87. The van der Waals surface area contributed by atoms with Crippen LogP contribution in [-0.4, -0.2) is 131 Å². The van der Waals surface area contributed by atoms with Crippen molar-refractivity contribution in [1.82, 2.24) is 19.9 Å². The maximum Gasteiger partial charge on any atom is 0.373 e. The van der Waals surface area contributed by atoms with Crippen LogP contribution in [0.25, 0.3) is 0 Å². The fraction of sp³-hybridized carbons (Fsp3) is 0.583. The van der Waals surface area contributed by atoms with Crippen molar-refractivity contribution < 1.29 is 28.5 Å². The molecule has 0 aromatic carbocycles. The Morgan fingerprint density at radius 1 is 0.897 bits per heavy atom. The predicted octanol–water partition coefficient (Wildman–Crippen LogP) is 1.71. The second-order valence-corrected chi connectivity index (χ2v) is 11.6. The summed E-state index contributed by atoms with van der Waals surface area (Å²) in [6.45, 7) is 14.1. The Morgan fingerprint density at radius 3 is 1.90 bits per heavy atom. The van der Waals surface area contributed by atoms with Gasteiger partial charge in [-0.3, -0.25) is 0 Å². The monoisotopic (exact) mass is 598 g/mol. The Morgan fingerprint density at radius 2 is 1.41 bits per heavy atom. The SMILES string of the molecule is CSc1nc(Cl)cc(N2CC[N+]3(CC2)CC[N+]2(CCN(c4nc(C)nc(Cl)c4C(=O)O)CC2)CC3)n1.O=C=O. The first-order valence-electron chi connectivity index (χ1n) is 12.7. The summed E-state index contributed by atoms with van der Waals surface area (Å²) < 4.78 is 2.26. The van der Waals surface area contributed by atoms with E-state index in [2.05, 4.69) is 29.7 Å². The van der Waals surface area contributed by atoms with Crippen LogP contribution >= 0.6 is 35.0 Å². The Balaban J connectivity index is 0.00000112. The summed E-state index contributed by atoms with van der Waals surface area (Å²) in [6.07, 6.45) is 2.22. The molecule has 0 radical (unpaired) electrons. The maximum atomic E-state index is 11.8. The highest BCUT2D eigenvalue weighted by molar-refractivity contribution is 7.98. The van der Waals surface area contributed by atoms with Crippen molar-refractivity contribution >= 4 is 58.7 Å². The zero-order chi connectivity index (χ0) is 28.2. The molecule has 15 heteroatoms. The van der Waals surface area contributed by atoms with Crippen LogP contribution in [-0.2, 0) is 9.59 Å². The molecule has 3 fully saturated rings. The molecule has 39 heavy (non-hydrogen) atoms. The van der Waals surface area contributed by atoms with Crippen LogP contribution < -0.4 is 9.80 Å². The molecule has 0 amide bonds. The number of quaternary nitrogens is 2. The number of carboxylic acid groups (broad SMARTS) is 1. The van der Waals surface area contributed by atoms with E-state index >= 15 is 0 Å². The van der Waals surface area contributed by atoms with Crippen molar-refractivity contribution in [3.8, 4) is 0 Å². The van der Waals surface area contributed by atoms with Crippen molar-refractivity contribution in [1.29, 1.82) is 0 Å². The third-order valence-electron chi connectivity index (χ3n) is 8.11. The van der Waals surface area contributed by atoms with Crippen molar-refractivity contribution in [2.24, 2.45) is 0 Å². The molecule has 2 spiro atoms. The lowest BCUT2D eigenvalue weighted by Crippen LogP contribution is -2.73. The van der Waals surface area contributed by atoms with Crippen LogP contribution in [0.3, 0.4) is 0 Å². The molecular formula is C24H32Cl2N8O4S+2. The number of carbonyl (C=O) groups excluding carboxylic acids is 2. The fourth-order valence-electron chi connectivity index (χ4n) is 5.76. The lowest BCUT2D eigenvalue weighted by atomic mass is 10.1. The number of aryl methyl sites for hydroxylation is 1. The molecule has 1 N–H and O–H groups in total. The van der Waals surface area contributed by atoms with E-state index in [-0.39, 0.29) is 16.9 Å².